The normalized spacial score (nSPS) is 12.5. The molecule has 118 valence electrons. The fraction of sp³-hybridized carbons (Fsp3) is 0.364. The van der Waals surface area contributed by atoms with E-state index in [1.54, 1.807) is 0 Å². The molecule has 0 aromatic heterocycles. The molecule has 0 aliphatic rings. The average molecular weight is 413 g/mol. The van der Waals surface area contributed by atoms with Crippen LogP contribution in [0, 0.1) is 0 Å². The molecule has 1 nitrogen and oxygen atoms in total. The third kappa shape index (κ3) is 6.96. The fourth-order valence-corrected chi connectivity index (χ4v) is 3.14. The number of rotatable bonds is 5. The molecule has 1 aromatic carbocycles. The third-order valence-electron chi connectivity index (χ3n) is 2.04. The van der Waals surface area contributed by atoms with Gasteiger partial charge in [-0.05, 0) is 35.2 Å². The molecule has 0 unspecified atom stereocenters. The van der Waals surface area contributed by atoms with Gasteiger partial charge >= 0.3 is 11.0 Å². The summed E-state index contributed by atoms with van der Waals surface area (Å²) >= 11 is 1.59. The topological polar surface area (TPSA) is 17.1 Å². The summed E-state index contributed by atoms with van der Waals surface area (Å²) in [7, 11) is 0. The van der Waals surface area contributed by atoms with E-state index < -0.39 is 50.1 Å². The first-order valence-electron chi connectivity index (χ1n) is 5.23. The fourth-order valence-electron chi connectivity index (χ4n) is 1.40. The van der Waals surface area contributed by atoms with Crippen LogP contribution < -0.4 is 0 Å². The van der Waals surface area contributed by atoms with Gasteiger partial charge in [0.1, 0.15) is 5.78 Å². The van der Waals surface area contributed by atoms with Crippen LogP contribution in [-0.2, 0) is 11.2 Å². The van der Waals surface area contributed by atoms with Crippen LogP contribution in [-0.4, -0.2) is 22.1 Å². The van der Waals surface area contributed by atoms with Crippen LogP contribution >= 0.6 is 39.5 Å². The van der Waals surface area contributed by atoms with Gasteiger partial charge in [-0.25, -0.2) is 0 Å². The largest absolute Gasteiger partial charge is 0.446 e. The molecule has 0 fully saturated rings. The Kier molecular flexibility index (Phi) is 6.48. The number of thioether (sulfide) groups is 2. The quantitative estimate of drug-likeness (QED) is 0.365. The van der Waals surface area contributed by atoms with Gasteiger partial charge < -0.3 is 0 Å². The summed E-state index contributed by atoms with van der Waals surface area (Å²) in [6.45, 7) is 0. The summed E-state index contributed by atoms with van der Waals surface area (Å²) in [5, 5.41) is -0.0836. The van der Waals surface area contributed by atoms with Crippen LogP contribution in [0.15, 0.2) is 28.0 Å². The standard InChI is InChI=1S/C11H7BrF6OS2/c12-5-7(19)4-6-2-1-3-8(20-10(13,14)15)9(6)21-11(16,17)18/h1-3H,4-5H2. The molecule has 0 atom stereocenters. The van der Waals surface area contributed by atoms with Gasteiger partial charge in [-0.15, -0.1) is 0 Å². The zero-order valence-corrected chi connectivity index (χ0v) is 13.2. The minimum atomic E-state index is -4.74. The summed E-state index contributed by atoms with van der Waals surface area (Å²) in [5.41, 5.74) is -9.52. The highest BCUT2D eigenvalue weighted by molar-refractivity contribution is 9.09. The van der Waals surface area contributed by atoms with Gasteiger partial charge in [0, 0.05) is 16.2 Å². The van der Waals surface area contributed by atoms with Crippen molar-refractivity contribution in [2.45, 2.75) is 27.2 Å². The van der Waals surface area contributed by atoms with Gasteiger partial charge in [-0.3, -0.25) is 4.79 Å². The predicted octanol–water partition coefficient (Wildman–Crippen LogP) is 5.42. The molecule has 0 saturated carbocycles. The summed E-state index contributed by atoms with van der Waals surface area (Å²) in [5.74, 6) is -0.423. The Morgan fingerprint density at radius 2 is 1.62 bits per heavy atom. The number of alkyl halides is 7. The number of carbonyl (C=O) groups excluding carboxylic acids is 1. The first-order valence-corrected chi connectivity index (χ1v) is 7.98. The van der Waals surface area contributed by atoms with Crippen LogP contribution in [0.5, 0.6) is 0 Å². The number of benzene rings is 1. The molecule has 0 N–H and O–H groups in total. The lowest BCUT2D eigenvalue weighted by molar-refractivity contribution is -0.115. The highest BCUT2D eigenvalue weighted by Gasteiger charge is 2.36. The lowest BCUT2D eigenvalue weighted by Crippen LogP contribution is -2.09. The molecule has 1 rings (SSSR count). The Morgan fingerprint density at radius 1 is 1.05 bits per heavy atom. The Balaban J connectivity index is 3.23. The molecule has 0 saturated heterocycles. The summed E-state index contributed by atoms with van der Waals surface area (Å²) in [6, 6.07) is 3.37. The first-order chi connectivity index (χ1) is 9.52. The van der Waals surface area contributed by atoms with Gasteiger partial charge in [0.15, 0.2) is 0 Å². The number of Topliss-reactive ketones (excluding diaryl/α,β-unsaturated/α-hetero) is 1. The van der Waals surface area contributed by atoms with E-state index in [1.165, 1.54) is 12.1 Å². The summed E-state index contributed by atoms with van der Waals surface area (Å²) in [6.07, 6.45) is -0.365. The van der Waals surface area contributed by atoms with Crippen molar-refractivity contribution in [3.8, 4) is 0 Å². The number of halogens is 7. The van der Waals surface area contributed by atoms with Crippen LogP contribution in [0.2, 0.25) is 0 Å². The highest BCUT2D eigenvalue weighted by atomic mass is 79.9. The average Bonchev–Trinajstić information content (AvgIpc) is 2.29. The molecule has 1 aromatic rings. The second kappa shape index (κ2) is 7.28. The van der Waals surface area contributed by atoms with Crippen molar-refractivity contribution in [2.75, 3.05) is 5.33 Å². The third-order valence-corrected chi connectivity index (χ3v) is 4.50. The second-order valence-corrected chi connectivity index (χ2v) is 6.43. The van der Waals surface area contributed by atoms with Gasteiger partial charge in [0.05, 0.1) is 5.33 Å². The van der Waals surface area contributed by atoms with Gasteiger partial charge in [-0.2, -0.15) is 26.3 Å². The van der Waals surface area contributed by atoms with E-state index in [0.29, 0.717) is 0 Å². The zero-order chi connectivity index (χ0) is 16.3. The van der Waals surface area contributed by atoms with Gasteiger partial charge in [0.2, 0.25) is 0 Å². The van der Waals surface area contributed by atoms with Crippen molar-refractivity contribution >= 4 is 45.2 Å². The summed E-state index contributed by atoms with van der Waals surface area (Å²) < 4.78 is 74.8. The van der Waals surface area contributed by atoms with E-state index >= 15 is 0 Å². The number of hydrogen-bond acceptors (Lipinski definition) is 3. The van der Waals surface area contributed by atoms with Gasteiger partial charge in [0.25, 0.3) is 0 Å². The Hall–Kier alpha value is -0.350. The molecular formula is C11H7BrF6OS2. The number of carbonyl (C=O) groups is 1. The molecule has 0 bridgehead atoms. The lowest BCUT2D eigenvalue weighted by Gasteiger charge is -2.16. The van der Waals surface area contributed by atoms with Crippen molar-refractivity contribution in [1.82, 2.24) is 0 Å². The molecule has 0 heterocycles. The van der Waals surface area contributed by atoms with E-state index in [-0.39, 0.29) is 17.3 Å². The smallest absolute Gasteiger partial charge is 0.298 e. The van der Waals surface area contributed by atoms with Crippen molar-refractivity contribution in [2.24, 2.45) is 0 Å². The maximum absolute atomic E-state index is 12.5. The van der Waals surface area contributed by atoms with E-state index in [0.717, 1.165) is 6.07 Å². The van der Waals surface area contributed by atoms with E-state index in [2.05, 4.69) is 15.9 Å². The molecule has 0 radical (unpaired) electrons. The van der Waals surface area contributed by atoms with Crippen LogP contribution in [0.3, 0.4) is 0 Å². The summed E-state index contributed by atoms with van der Waals surface area (Å²) in [4.78, 5) is 10.2. The molecule has 10 heteroatoms. The monoisotopic (exact) mass is 412 g/mol. The van der Waals surface area contributed by atoms with Crippen LogP contribution in [0.25, 0.3) is 0 Å². The molecule has 0 amide bonds. The Labute approximate surface area is 133 Å². The van der Waals surface area contributed by atoms with Crippen LogP contribution in [0.1, 0.15) is 5.56 Å². The first kappa shape index (κ1) is 18.7. The molecule has 21 heavy (non-hydrogen) atoms. The van der Waals surface area contributed by atoms with Crippen molar-refractivity contribution in [1.29, 1.82) is 0 Å². The maximum Gasteiger partial charge on any atom is 0.446 e. The van der Waals surface area contributed by atoms with E-state index in [9.17, 15) is 31.1 Å². The van der Waals surface area contributed by atoms with Crippen molar-refractivity contribution < 1.29 is 31.1 Å². The van der Waals surface area contributed by atoms with E-state index in [4.69, 9.17) is 0 Å². The molecule has 0 aliphatic heterocycles. The SMILES string of the molecule is O=C(CBr)Cc1cccc(SC(F)(F)F)c1SC(F)(F)F. The zero-order valence-electron chi connectivity index (χ0n) is 10.0. The molecule has 0 aliphatic carbocycles. The Bertz CT molecular complexity index is 514. The second-order valence-electron chi connectivity index (χ2n) is 3.69. The Morgan fingerprint density at radius 3 is 2.10 bits per heavy atom. The van der Waals surface area contributed by atoms with E-state index in [1.807, 2.05) is 0 Å². The lowest BCUT2D eigenvalue weighted by atomic mass is 10.1. The minimum absolute atomic E-state index is 0.0731. The number of hydrogen-bond donors (Lipinski definition) is 0. The minimum Gasteiger partial charge on any atom is -0.298 e. The maximum atomic E-state index is 12.5. The highest BCUT2D eigenvalue weighted by Crippen LogP contribution is 2.47. The van der Waals surface area contributed by atoms with Crippen molar-refractivity contribution in [3.63, 3.8) is 0 Å². The molecule has 0 spiro atoms. The number of ketones is 1. The van der Waals surface area contributed by atoms with Crippen molar-refractivity contribution in [3.05, 3.63) is 23.8 Å². The predicted molar refractivity (Wildman–Crippen MR) is 72.8 cm³/mol. The van der Waals surface area contributed by atoms with Gasteiger partial charge in [-0.1, -0.05) is 28.1 Å². The van der Waals surface area contributed by atoms with Crippen LogP contribution in [0.4, 0.5) is 26.3 Å². The molecular weight excluding hydrogens is 406 g/mol.